The Morgan fingerprint density at radius 3 is 2.24 bits per heavy atom. The fourth-order valence-electron chi connectivity index (χ4n) is 6.19. The van der Waals surface area contributed by atoms with E-state index in [-0.39, 0.29) is 17.9 Å². The van der Waals surface area contributed by atoms with Crippen LogP contribution in [0.25, 0.3) is 10.9 Å². The summed E-state index contributed by atoms with van der Waals surface area (Å²) in [7, 11) is 0. The molecule has 4 aromatic rings. The maximum atomic E-state index is 14.2. The summed E-state index contributed by atoms with van der Waals surface area (Å²) in [6.45, 7) is 5.52. The van der Waals surface area contributed by atoms with Crippen LogP contribution in [0.3, 0.4) is 0 Å². The van der Waals surface area contributed by atoms with Gasteiger partial charge in [-0.2, -0.15) is 0 Å². The van der Waals surface area contributed by atoms with Crippen LogP contribution >= 0.6 is 0 Å². The van der Waals surface area contributed by atoms with Crippen LogP contribution in [0.4, 0.5) is 0 Å². The number of fused-ring (bicyclic) bond motifs is 3. The van der Waals surface area contributed by atoms with Gasteiger partial charge in [-0.25, -0.2) is 0 Å². The SMILES string of the molecule is C[C@]1(C(=O)NCc2ccccc2)Cn2c(cc3ccccc32)C(=O)N1C1CCN(Cc2ccccc2)CC1. The predicted octanol–water partition coefficient (Wildman–Crippen LogP) is 4.84. The highest BCUT2D eigenvalue weighted by molar-refractivity contribution is 6.03. The molecule has 2 aliphatic rings. The Kier molecular flexibility index (Phi) is 6.50. The van der Waals surface area contributed by atoms with Gasteiger partial charge in [-0.15, -0.1) is 0 Å². The van der Waals surface area contributed by atoms with Gasteiger partial charge in [0.25, 0.3) is 5.91 Å². The van der Waals surface area contributed by atoms with Crippen molar-refractivity contribution >= 4 is 22.7 Å². The third-order valence-electron chi connectivity index (χ3n) is 8.20. The minimum absolute atomic E-state index is 0.00811. The number of nitrogens with zero attached hydrogens (tertiary/aromatic N) is 3. The van der Waals surface area contributed by atoms with E-state index in [1.165, 1.54) is 5.56 Å². The molecule has 6 rings (SSSR count). The Morgan fingerprint density at radius 1 is 0.895 bits per heavy atom. The molecule has 2 amide bonds. The van der Waals surface area contributed by atoms with Crippen LogP contribution in [-0.4, -0.2) is 50.9 Å². The van der Waals surface area contributed by atoms with Crippen molar-refractivity contribution in [1.29, 1.82) is 0 Å². The second-order valence-electron chi connectivity index (χ2n) is 10.8. The third kappa shape index (κ3) is 4.50. The summed E-state index contributed by atoms with van der Waals surface area (Å²) in [5, 5.41) is 4.18. The Hall–Kier alpha value is -3.90. The van der Waals surface area contributed by atoms with Crippen LogP contribution in [0.5, 0.6) is 0 Å². The Labute approximate surface area is 223 Å². The van der Waals surface area contributed by atoms with E-state index in [4.69, 9.17) is 0 Å². The second-order valence-corrected chi connectivity index (χ2v) is 10.8. The van der Waals surface area contributed by atoms with Gasteiger partial charge in [0.2, 0.25) is 5.91 Å². The fourth-order valence-corrected chi connectivity index (χ4v) is 6.19. The number of nitrogens with one attached hydrogen (secondary N) is 1. The van der Waals surface area contributed by atoms with Gasteiger partial charge in [0, 0.05) is 43.1 Å². The van der Waals surface area contributed by atoms with Crippen LogP contribution in [0, 0.1) is 0 Å². The van der Waals surface area contributed by atoms with Crippen LogP contribution in [0.1, 0.15) is 41.4 Å². The lowest BCUT2D eigenvalue weighted by atomic mass is 9.89. The largest absolute Gasteiger partial charge is 0.350 e. The average molecular weight is 507 g/mol. The molecule has 1 aromatic heterocycles. The first-order valence-electron chi connectivity index (χ1n) is 13.5. The maximum absolute atomic E-state index is 14.2. The van der Waals surface area contributed by atoms with Gasteiger partial charge in [-0.05, 0) is 43.0 Å². The number of piperidine rings is 1. The van der Waals surface area contributed by atoms with E-state index in [1.807, 2.05) is 83.1 Å². The van der Waals surface area contributed by atoms with Gasteiger partial charge in [0.1, 0.15) is 11.2 Å². The van der Waals surface area contributed by atoms with Crippen LogP contribution in [0.15, 0.2) is 91.0 Å². The summed E-state index contributed by atoms with van der Waals surface area (Å²) in [5.74, 6) is -0.156. The van der Waals surface area contributed by atoms with Crippen molar-refractivity contribution < 1.29 is 9.59 Å². The third-order valence-corrected chi connectivity index (χ3v) is 8.20. The van der Waals surface area contributed by atoms with Gasteiger partial charge < -0.3 is 14.8 Å². The summed E-state index contributed by atoms with van der Waals surface area (Å²) in [4.78, 5) is 32.5. The zero-order valence-electron chi connectivity index (χ0n) is 21.8. The standard InChI is InChI=1S/C32H34N4O2/c1-32(31(38)33-21-24-10-4-2-5-11-24)23-35-28-15-9-8-14-26(28)20-29(35)30(37)36(32)27-16-18-34(19-17-27)22-25-12-6-3-7-13-25/h2-15,20,27H,16-19,21-23H2,1H3,(H,33,38)/t32-/m1/s1. The molecule has 0 spiro atoms. The topological polar surface area (TPSA) is 57.6 Å². The molecule has 194 valence electrons. The summed E-state index contributed by atoms with van der Waals surface area (Å²) < 4.78 is 2.04. The quantitative estimate of drug-likeness (QED) is 0.407. The van der Waals surface area contributed by atoms with E-state index in [1.54, 1.807) is 0 Å². The minimum Gasteiger partial charge on any atom is -0.350 e. The Balaban J connectivity index is 1.28. The molecule has 6 heteroatoms. The van der Waals surface area contributed by atoms with E-state index in [0.29, 0.717) is 18.8 Å². The van der Waals surface area contributed by atoms with Gasteiger partial charge >= 0.3 is 0 Å². The van der Waals surface area contributed by atoms with Crippen molar-refractivity contribution in [3.63, 3.8) is 0 Å². The first kappa shape index (κ1) is 24.4. The van der Waals surface area contributed by atoms with E-state index in [2.05, 4.69) is 34.5 Å². The number of rotatable bonds is 6. The number of carbonyl (C=O) groups excluding carboxylic acids is 2. The highest BCUT2D eigenvalue weighted by Crippen LogP contribution is 2.36. The first-order valence-corrected chi connectivity index (χ1v) is 13.5. The number of amides is 2. The second kappa shape index (κ2) is 10.1. The van der Waals surface area contributed by atoms with Crippen molar-refractivity contribution in [2.45, 2.75) is 51.0 Å². The van der Waals surface area contributed by atoms with Gasteiger partial charge in [-0.1, -0.05) is 78.9 Å². The van der Waals surface area contributed by atoms with Crippen molar-refractivity contribution in [3.05, 3.63) is 108 Å². The summed E-state index contributed by atoms with van der Waals surface area (Å²) in [6.07, 6.45) is 1.70. The Morgan fingerprint density at radius 2 is 1.53 bits per heavy atom. The smallest absolute Gasteiger partial charge is 0.271 e. The number of aromatic nitrogens is 1. The van der Waals surface area contributed by atoms with Crippen molar-refractivity contribution in [2.24, 2.45) is 0 Å². The van der Waals surface area contributed by atoms with Crippen molar-refractivity contribution in [1.82, 2.24) is 19.7 Å². The van der Waals surface area contributed by atoms with Gasteiger partial charge in [-0.3, -0.25) is 14.5 Å². The van der Waals surface area contributed by atoms with Gasteiger partial charge in [0.05, 0.1) is 6.54 Å². The predicted molar refractivity (Wildman–Crippen MR) is 150 cm³/mol. The molecular formula is C32H34N4O2. The summed E-state index contributed by atoms with van der Waals surface area (Å²) in [5.41, 5.74) is 3.02. The number of hydrogen-bond donors (Lipinski definition) is 1. The average Bonchev–Trinajstić information content (AvgIpc) is 3.32. The molecule has 2 aliphatic heterocycles. The molecule has 0 unspecified atom stereocenters. The van der Waals surface area contributed by atoms with Gasteiger partial charge in [0.15, 0.2) is 0 Å². The highest BCUT2D eigenvalue weighted by Gasteiger charge is 2.50. The lowest BCUT2D eigenvalue weighted by Crippen LogP contribution is -2.67. The van der Waals surface area contributed by atoms with Crippen LogP contribution in [-0.2, 0) is 24.4 Å². The minimum atomic E-state index is -0.993. The number of benzene rings is 3. The zero-order chi connectivity index (χ0) is 26.1. The molecule has 1 N–H and O–H groups in total. The molecule has 38 heavy (non-hydrogen) atoms. The maximum Gasteiger partial charge on any atom is 0.271 e. The molecule has 3 heterocycles. The molecule has 1 fully saturated rings. The van der Waals surface area contributed by atoms with Crippen LogP contribution < -0.4 is 5.32 Å². The Bertz CT molecular complexity index is 1440. The fraction of sp³-hybridized carbons (Fsp3) is 0.312. The molecule has 0 saturated carbocycles. The normalized spacial score (nSPS) is 20.4. The zero-order valence-corrected chi connectivity index (χ0v) is 21.8. The lowest BCUT2D eigenvalue weighted by Gasteiger charge is -2.50. The molecule has 3 aromatic carbocycles. The number of hydrogen-bond acceptors (Lipinski definition) is 3. The highest BCUT2D eigenvalue weighted by atomic mass is 16.2. The van der Waals surface area contributed by atoms with E-state index >= 15 is 0 Å². The van der Waals surface area contributed by atoms with E-state index < -0.39 is 5.54 Å². The molecule has 0 aliphatic carbocycles. The van der Waals surface area contributed by atoms with E-state index in [0.717, 1.165) is 48.9 Å². The molecule has 0 radical (unpaired) electrons. The number of likely N-dealkylation sites (tertiary alicyclic amines) is 1. The monoisotopic (exact) mass is 506 g/mol. The van der Waals surface area contributed by atoms with Crippen molar-refractivity contribution in [3.8, 4) is 0 Å². The molecule has 1 saturated heterocycles. The summed E-state index contributed by atoms with van der Waals surface area (Å²) in [6, 6.07) is 30.5. The van der Waals surface area contributed by atoms with E-state index in [9.17, 15) is 9.59 Å². The summed E-state index contributed by atoms with van der Waals surface area (Å²) >= 11 is 0. The number of para-hydroxylation sites is 1. The molecular weight excluding hydrogens is 472 g/mol. The molecule has 1 atom stereocenters. The molecule has 0 bridgehead atoms. The lowest BCUT2D eigenvalue weighted by molar-refractivity contribution is -0.135. The number of carbonyl (C=O) groups is 2. The first-order chi connectivity index (χ1) is 18.5. The van der Waals surface area contributed by atoms with Crippen molar-refractivity contribution in [2.75, 3.05) is 13.1 Å². The van der Waals surface area contributed by atoms with Crippen LogP contribution in [0.2, 0.25) is 0 Å². The molecule has 6 nitrogen and oxygen atoms in total.